The monoisotopic (exact) mass is 316 g/mol. The van der Waals surface area contributed by atoms with Gasteiger partial charge in [-0.2, -0.15) is 0 Å². The first-order chi connectivity index (χ1) is 10.2. The van der Waals surface area contributed by atoms with Gasteiger partial charge in [-0.05, 0) is 17.7 Å². The lowest BCUT2D eigenvalue weighted by Gasteiger charge is -2.02. The number of halogens is 1. The molecular formula is C15H13ClN4S. The first-order valence-electron chi connectivity index (χ1n) is 6.63. The lowest BCUT2D eigenvalue weighted by Crippen LogP contribution is -1.99. The van der Waals surface area contributed by atoms with Crippen LogP contribution in [0.2, 0.25) is 5.02 Å². The number of thiazole rings is 1. The Bertz CT molecular complexity index is 905. The molecule has 0 aliphatic rings. The van der Waals surface area contributed by atoms with Crippen molar-refractivity contribution in [3.8, 4) is 0 Å². The number of benzene rings is 1. The molecule has 0 fully saturated rings. The minimum absolute atomic E-state index is 0.517. The smallest absolute Gasteiger partial charge is 0.193 e. The zero-order valence-electron chi connectivity index (χ0n) is 11.2. The van der Waals surface area contributed by atoms with Gasteiger partial charge in [0.15, 0.2) is 4.96 Å². The van der Waals surface area contributed by atoms with Gasteiger partial charge in [0.25, 0.3) is 0 Å². The van der Waals surface area contributed by atoms with Crippen LogP contribution in [0.5, 0.6) is 0 Å². The van der Waals surface area contributed by atoms with Crippen LogP contribution in [0.25, 0.3) is 15.9 Å². The van der Waals surface area contributed by atoms with E-state index in [0.29, 0.717) is 13.1 Å². The van der Waals surface area contributed by atoms with Crippen LogP contribution < -0.4 is 5.73 Å². The van der Waals surface area contributed by atoms with Crippen LogP contribution in [0.15, 0.2) is 42.2 Å². The van der Waals surface area contributed by atoms with Crippen LogP contribution in [0.1, 0.15) is 11.3 Å². The maximum Gasteiger partial charge on any atom is 0.193 e. The zero-order chi connectivity index (χ0) is 14.4. The van der Waals surface area contributed by atoms with Crippen LogP contribution in [-0.4, -0.2) is 14.0 Å². The number of hydrogen-bond acceptors (Lipinski definition) is 3. The Labute approximate surface area is 130 Å². The number of aromatic nitrogens is 3. The second kappa shape index (κ2) is 4.87. The van der Waals surface area contributed by atoms with Gasteiger partial charge in [0.2, 0.25) is 0 Å². The molecule has 3 aromatic heterocycles. The molecule has 4 nitrogen and oxygen atoms in total. The highest BCUT2D eigenvalue weighted by Gasteiger charge is 2.10. The van der Waals surface area contributed by atoms with E-state index in [0.717, 1.165) is 32.1 Å². The predicted molar refractivity (Wildman–Crippen MR) is 87.0 cm³/mol. The van der Waals surface area contributed by atoms with Crippen LogP contribution in [-0.2, 0) is 13.1 Å². The van der Waals surface area contributed by atoms with Crippen molar-refractivity contribution in [2.24, 2.45) is 5.73 Å². The fourth-order valence-corrected chi connectivity index (χ4v) is 3.55. The van der Waals surface area contributed by atoms with Gasteiger partial charge in [-0.1, -0.05) is 17.7 Å². The Morgan fingerprint density at radius 2 is 2.19 bits per heavy atom. The fraction of sp³-hybridized carbons (Fsp3) is 0.133. The van der Waals surface area contributed by atoms with Gasteiger partial charge in [-0.15, -0.1) is 11.3 Å². The topological polar surface area (TPSA) is 48.2 Å². The van der Waals surface area contributed by atoms with Crippen LogP contribution >= 0.6 is 22.9 Å². The summed E-state index contributed by atoms with van der Waals surface area (Å²) in [6.07, 6.45) is 6.17. The first-order valence-corrected chi connectivity index (χ1v) is 7.89. The summed E-state index contributed by atoms with van der Waals surface area (Å²) in [4.78, 5) is 5.64. The van der Waals surface area contributed by atoms with Crippen molar-refractivity contribution in [3.05, 3.63) is 58.4 Å². The maximum absolute atomic E-state index is 6.13. The largest absolute Gasteiger partial charge is 0.341 e. The molecule has 0 aliphatic heterocycles. The molecule has 21 heavy (non-hydrogen) atoms. The third-order valence-corrected chi connectivity index (χ3v) is 4.63. The van der Waals surface area contributed by atoms with Crippen molar-refractivity contribution < 1.29 is 0 Å². The molecule has 4 rings (SSSR count). The fourth-order valence-electron chi connectivity index (χ4n) is 2.66. The first kappa shape index (κ1) is 12.9. The minimum Gasteiger partial charge on any atom is -0.341 e. The molecule has 0 amide bonds. The molecule has 4 aromatic rings. The Kier molecular flexibility index (Phi) is 2.99. The van der Waals surface area contributed by atoms with Gasteiger partial charge >= 0.3 is 0 Å². The third kappa shape index (κ3) is 2.14. The molecule has 0 atom stereocenters. The molecule has 0 radical (unpaired) electrons. The second-order valence-corrected chi connectivity index (χ2v) is 6.28. The summed E-state index contributed by atoms with van der Waals surface area (Å²) in [5.41, 5.74) is 9.10. The summed E-state index contributed by atoms with van der Waals surface area (Å²) in [6, 6.07) is 5.91. The van der Waals surface area contributed by atoms with E-state index >= 15 is 0 Å². The molecule has 2 N–H and O–H groups in total. The Hall–Kier alpha value is -1.82. The summed E-state index contributed by atoms with van der Waals surface area (Å²) >= 11 is 7.77. The summed E-state index contributed by atoms with van der Waals surface area (Å²) in [7, 11) is 0. The lowest BCUT2D eigenvalue weighted by molar-refractivity contribution is 0.809. The van der Waals surface area contributed by atoms with E-state index in [-0.39, 0.29) is 0 Å². The van der Waals surface area contributed by atoms with E-state index in [1.54, 1.807) is 11.3 Å². The molecule has 1 aromatic carbocycles. The average molecular weight is 317 g/mol. The average Bonchev–Trinajstić information content (AvgIpc) is 3.12. The molecule has 106 valence electrons. The molecule has 0 spiro atoms. The lowest BCUT2D eigenvalue weighted by atomic mass is 10.2. The number of nitrogens with two attached hydrogens (primary N) is 1. The van der Waals surface area contributed by atoms with Crippen molar-refractivity contribution in [2.45, 2.75) is 13.1 Å². The van der Waals surface area contributed by atoms with Crippen molar-refractivity contribution in [1.29, 1.82) is 0 Å². The van der Waals surface area contributed by atoms with Crippen LogP contribution in [0, 0.1) is 0 Å². The number of nitrogens with zero attached hydrogens (tertiary/aromatic N) is 3. The van der Waals surface area contributed by atoms with Gasteiger partial charge in [-0.25, -0.2) is 4.98 Å². The summed E-state index contributed by atoms with van der Waals surface area (Å²) < 4.78 is 4.21. The molecule has 6 heteroatoms. The van der Waals surface area contributed by atoms with E-state index in [2.05, 4.69) is 21.9 Å². The van der Waals surface area contributed by atoms with E-state index in [1.165, 1.54) is 0 Å². The number of hydrogen-bond donors (Lipinski definition) is 1. The Morgan fingerprint density at radius 3 is 3.00 bits per heavy atom. The van der Waals surface area contributed by atoms with Crippen molar-refractivity contribution in [2.75, 3.05) is 0 Å². The highest BCUT2D eigenvalue weighted by molar-refractivity contribution is 7.15. The van der Waals surface area contributed by atoms with Gasteiger partial charge in [0.05, 0.1) is 17.8 Å². The van der Waals surface area contributed by atoms with Gasteiger partial charge < -0.3 is 10.3 Å². The second-order valence-electron chi connectivity index (χ2n) is 4.97. The van der Waals surface area contributed by atoms with E-state index in [9.17, 15) is 0 Å². The summed E-state index contributed by atoms with van der Waals surface area (Å²) in [5, 5.41) is 3.92. The minimum atomic E-state index is 0.517. The van der Waals surface area contributed by atoms with Gasteiger partial charge in [0.1, 0.15) is 0 Å². The SMILES string of the molecule is NCc1cn(Cc2cn3ccsc3n2)c2cc(Cl)ccc12. The number of imidazole rings is 1. The standard InChI is InChI=1S/C15H13ClN4S/c16-11-1-2-13-10(6-17)7-20(14(13)5-11)9-12-8-19-3-4-21-15(19)18-12/h1-5,7-8H,6,9,17H2. The van der Waals surface area contributed by atoms with Crippen LogP contribution in [0.3, 0.4) is 0 Å². The van der Waals surface area contributed by atoms with E-state index < -0.39 is 0 Å². The summed E-state index contributed by atoms with van der Waals surface area (Å²) in [5.74, 6) is 0. The predicted octanol–water partition coefficient (Wildman–Crippen LogP) is 3.51. The Balaban J connectivity index is 1.81. The molecule has 0 saturated carbocycles. The van der Waals surface area contributed by atoms with Crippen LogP contribution in [0.4, 0.5) is 0 Å². The highest BCUT2D eigenvalue weighted by Crippen LogP contribution is 2.25. The van der Waals surface area contributed by atoms with Gasteiger partial charge in [0, 0.05) is 40.9 Å². The van der Waals surface area contributed by atoms with Gasteiger partial charge in [-0.3, -0.25) is 4.40 Å². The van der Waals surface area contributed by atoms with E-state index in [4.69, 9.17) is 17.3 Å². The molecule has 0 aliphatic carbocycles. The number of fused-ring (bicyclic) bond motifs is 2. The highest BCUT2D eigenvalue weighted by atomic mass is 35.5. The number of rotatable bonds is 3. The van der Waals surface area contributed by atoms with Crippen molar-refractivity contribution in [3.63, 3.8) is 0 Å². The molecule has 0 unspecified atom stereocenters. The molecule has 3 heterocycles. The zero-order valence-corrected chi connectivity index (χ0v) is 12.7. The normalized spacial score (nSPS) is 11.7. The quantitative estimate of drug-likeness (QED) is 0.629. The maximum atomic E-state index is 6.13. The third-order valence-electron chi connectivity index (χ3n) is 3.62. The molecule has 0 bridgehead atoms. The summed E-state index contributed by atoms with van der Waals surface area (Å²) in [6.45, 7) is 1.23. The molecular weight excluding hydrogens is 304 g/mol. The van der Waals surface area contributed by atoms with Crippen molar-refractivity contribution >= 4 is 38.8 Å². The Morgan fingerprint density at radius 1 is 1.29 bits per heavy atom. The van der Waals surface area contributed by atoms with Crippen molar-refractivity contribution in [1.82, 2.24) is 14.0 Å². The molecule has 0 saturated heterocycles. The van der Waals surface area contributed by atoms with E-state index in [1.807, 2.05) is 34.2 Å².